The van der Waals surface area contributed by atoms with Crippen molar-refractivity contribution in [3.05, 3.63) is 124 Å². The lowest BCUT2D eigenvalue weighted by Gasteiger charge is -2.16. The van der Waals surface area contributed by atoms with Crippen LogP contribution in [-0.4, -0.2) is 35.9 Å². The number of nitro benzene ring substituents is 1. The quantitative estimate of drug-likeness (QED) is 0.0877. The van der Waals surface area contributed by atoms with Gasteiger partial charge >= 0.3 is 0 Å². The van der Waals surface area contributed by atoms with Gasteiger partial charge in [0.15, 0.2) is 16.6 Å². The fourth-order valence-electron chi connectivity index (χ4n) is 4.25. The highest BCUT2D eigenvalue weighted by Gasteiger charge is 2.23. The van der Waals surface area contributed by atoms with Crippen LogP contribution in [-0.2, 0) is 4.79 Å². The van der Waals surface area contributed by atoms with Crippen molar-refractivity contribution in [1.82, 2.24) is 4.98 Å². The van der Waals surface area contributed by atoms with E-state index in [4.69, 9.17) is 9.47 Å². The zero-order chi connectivity index (χ0) is 31.1. The molecule has 0 bridgehead atoms. The topological polar surface area (TPSA) is 133 Å². The van der Waals surface area contributed by atoms with Gasteiger partial charge in [0, 0.05) is 39.2 Å². The molecule has 0 aliphatic heterocycles. The molecule has 5 aromatic rings. The largest absolute Gasteiger partial charge is 0.493 e. The number of rotatable bonds is 11. The van der Waals surface area contributed by atoms with Crippen molar-refractivity contribution < 1.29 is 24.0 Å². The molecular formula is C32H26N4O6S2. The Hall–Kier alpha value is -5.20. The van der Waals surface area contributed by atoms with E-state index >= 15 is 0 Å². The molecule has 0 spiro atoms. The van der Waals surface area contributed by atoms with E-state index in [0.717, 1.165) is 16.0 Å². The maximum atomic E-state index is 13.6. The number of thioether (sulfide) groups is 1. The third-order valence-corrected chi connectivity index (χ3v) is 8.46. The van der Waals surface area contributed by atoms with E-state index < -0.39 is 16.1 Å². The van der Waals surface area contributed by atoms with Crippen LogP contribution in [0.3, 0.4) is 0 Å². The van der Waals surface area contributed by atoms with Crippen molar-refractivity contribution in [1.29, 1.82) is 0 Å². The molecule has 222 valence electrons. The number of hydrogen-bond donors (Lipinski definition) is 2. The summed E-state index contributed by atoms with van der Waals surface area (Å²) in [6.07, 6.45) is 0. The molecule has 1 heterocycles. The van der Waals surface area contributed by atoms with Crippen molar-refractivity contribution in [2.24, 2.45) is 0 Å². The Bertz CT molecular complexity index is 1790. The van der Waals surface area contributed by atoms with Gasteiger partial charge in [-0.2, -0.15) is 0 Å². The lowest BCUT2D eigenvalue weighted by Crippen LogP contribution is -2.19. The minimum atomic E-state index is -0.588. The Morgan fingerprint density at radius 2 is 1.64 bits per heavy atom. The molecule has 44 heavy (non-hydrogen) atoms. The van der Waals surface area contributed by atoms with Crippen LogP contribution in [0.25, 0.3) is 11.3 Å². The van der Waals surface area contributed by atoms with Crippen LogP contribution < -0.4 is 20.1 Å². The van der Waals surface area contributed by atoms with Gasteiger partial charge in [-0.1, -0.05) is 36.4 Å². The second kappa shape index (κ2) is 13.8. The number of benzene rings is 4. The van der Waals surface area contributed by atoms with Crippen molar-refractivity contribution in [2.75, 3.05) is 24.9 Å². The fraction of sp³-hybridized carbons (Fsp3) is 0.0938. The van der Waals surface area contributed by atoms with Gasteiger partial charge in [0.2, 0.25) is 5.91 Å². The summed E-state index contributed by atoms with van der Waals surface area (Å²) in [7, 11) is 3.14. The van der Waals surface area contributed by atoms with Crippen molar-refractivity contribution in [2.45, 2.75) is 10.1 Å². The van der Waals surface area contributed by atoms with Crippen molar-refractivity contribution in [3.8, 4) is 22.8 Å². The van der Waals surface area contributed by atoms with Gasteiger partial charge in [0.1, 0.15) is 5.25 Å². The standard InChI is InChI=1S/C32H26N4O6S2/c1-41-27-16-11-21(18-28(27)42-2)26-19-43-32(34-26)35-31(38)29(20-7-4-3-5-8-20)44-25-14-12-23(13-15-25)33-30(37)22-9-6-10-24(17-22)36(39)40/h3-19,29H,1-2H3,(H,33,37)(H,34,35,38). The molecule has 5 rings (SSSR count). The molecule has 0 aliphatic carbocycles. The van der Waals surface area contributed by atoms with Crippen LogP contribution in [0.2, 0.25) is 0 Å². The predicted molar refractivity (Wildman–Crippen MR) is 172 cm³/mol. The van der Waals surface area contributed by atoms with Crippen LogP contribution in [0, 0.1) is 10.1 Å². The molecule has 1 unspecified atom stereocenters. The Morgan fingerprint density at radius 1 is 0.886 bits per heavy atom. The SMILES string of the molecule is COc1ccc(-c2csc(NC(=O)C(Sc3ccc(NC(=O)c4cccc([N+](=O)[O-])c4)cc3)c3ccccc3)n2)cc1OC. The molecule has 2 N–H and O–H groups in total. The number of carbonyl (C=O) groups excluding carboxylic acids is 2. The van der Waals surface area contributed by atoms with E-state index in [1.165, 1.54) is 47.4 Å². The second-order valence-electron chi connectivity index (χ2n) is 9.29. The molecule has 1 aromatic heterocycles. The first-order chi connectivity index (χ1) is 21.3. The molecule has 0 radical (unpaired) electrons. The Labute approximate surface area is 261 Å². The molecule has 0 saturated heterocycles. The van der Waals surface area contributed by atoms with E-state index in [9.17, 15) is 19.7 Å². The number of anilines is 2. The van der Waals surface area contributed by atoms with E-state index in [-0.39, 0.29) is 17.2 Å². The Kier molecular flexibility index (Phi) is 9.52. The molecule has 0 fully saturated rings. The van der Waals surface area contributed by atoms with E-state index in [0.29, 0.717) is 28.0 Å². The average molecular weight is 627 g/mol. The third-order valence-electron chi connectivity index (χ3n) is 6.44. The number of aromatic nitrogens is 1. The lowest BCUT2D eigenvalue weighted by atomic mass is 10.1. The number of nitro groups is 1. The minimum Gasteiger partial charge on any atom is -0.493 e. The zero-order valence-electron chi connectivity index (χ0n) is 23.6. The number of methoxy groups -OCH3 is 2. The molecule has 1 atom stereocenters. The monoisotopic (exact) mass is 626 g/mol. The molecule has 2 amide bonds. The molecule has 0 saturated carbocycles. The third kappa shape index (κ3) is 7.22. The van der Waals surface area contributed by atoms with Gasteiger partial charge in [-0.25, -0.2) is 4.98 Å². The van der Waals surface area contributed by atoms with Crippen LogP contribution >= 0.6 is 23.1 Å². The molecule has 12 heteroatoms. The number of non-ortho nitro benzene ring substituents is 1. The summed E-state index contributed by atoms with van der Waals surface area (Å²) >= 11 is 2.68. The van der Waals surface area contributed by atoms with Gasteiger partial charge in [-0.05, 0) is 54.1 Å². The normalized spacial score (nSPS) is 11.3. The van der Waals surface area contributed by atoms with Crippen LogP contribution in [0.4, 0.5) is 16.5 Å². The summed E-state index contributed by atoms with van der Waals surface area (Å²) in [6.45, 7) is 0. The summed E-state index contributed by atoms with van der Waals surface area (Å²) in [4.78, 5) is 42.1. The number of nitrogens with zero attached hydrogens (tertiary/aromatic N) is 2. The Balaban J connectivity index is 1.29. The van der Waals surface area contributed by atoms with E-state index in [1.807, 2.05) is 47.8 Å². The molecule has 4 aromatic carbocycles. The van der Waals surface area contributed by atoms with E-state index in [1.54, 1.807) is 44.6 Å². The first-order valence-electron chi connectivity index (χ1n) is 13.2. The average Bonchev–Trinajstić information content (AvgIpc) is 3.52. The van der Waals surface area contributed by atoms with Crippen LogP contribution in [0.1, 0.15) is 21.2 Å². The number of ether oxygens (including phenoxy) is 2. The van der Waals surface area contributed by atoms with Crippen LogP contribution in [0.5, 0.6) is 11.5 Å². The summed E-state index contributed by atoms with van der Waals surface area (Å²) in [5.74, 6) is 0.489. The highest BCUT2D eigenvalue weighted by Crippen LogP contribution is 2.38. The molecule has 0 aliphatic rings. The first-order valence-corrected chi connectivity index (χ1v) is 15.0. The highest BCUT2D eigenvalue weighted by molar-refractivity contribution is 8.00. The highest BCUT2D eigenvalue weighted by atomic mass is 32.2. The zero-order valence-corrected chi connectivity index (χ0v) is 25.2. The fourth-order valence-corrected chi connectivity index (χ4v) is 6.00. The number of carbonyl (C=O) groups is 2. The number of hydrogen-bond acceptors (Lipinski definition) is 9. The van der Waals surface area contributed by atoms with E-state index in [2.05, 4.69) is 15.6 Å². The van der Waals surface area contributed by atoms with Crippen LogP contribution in [0.15, 0.2) is 107 Å². The van der Waals surface area contributed by atoms with Gasteiger partial charge in [-0.15, -0.1) is 23.1 Å². The minimum absolute atomic E-state index is 0.162. The Morgan fingerprint density at radius 3 is 2.34 bits per heavy atom. The van der Waals surface area contributed by atoms with Gasteiger partial charge < -0.3 is 20.1 Å². The number of amides is 2. The first kappa shape index (κ1) is 30.3. The maximum absolute atomic E-state index is 13.6. The number of thiazole rings is 1. The summed E-state index contributed by atoms with van der Waals surface area (Å²) in [5.41, 5.74) is 2.86. The number of nitrogens with one attached hydrogen (secondary N) is 2. The van der Waals surface area contributed by atoms with Crippen molar-refractivity contribution >= 4 is 51.4 Å². The molecular weight excluding hydrogens is 601 g/mol. The van der Waals surface area contributed by atoms with Gasteiger partial charge in [-0.3, -0.25) is 19.7 Å². The summed E-state index contributed by atoms with van der Waals surface area (Å²) in [6, 6.07) is 27.5. The lowest BCUT2D eigenvalue weighted by molar-refractivity contribution is -0.384. The summed E-state index contributed by atoms with van der Waals surface area (Å²) in [5, 5.41) is 18.5. The van der Waals surface area contributed by atoms with Crippen molar-refractivity contribution in [3.63, 3.8) is 0 Å². The summed E-state index contributed by atoms with van der Waals surface area (Å²) < 4.78 is 10.7. The molecule has 10 nitrogen and oxygen atoms in total. The van der Waals surface area contributed by atoms with Gasteiger partial charge in [0.05, 0.1) is 24.8 Å². The predicted octanol–water partition coefficient (Wildman–Crippen LogP) is 7.46. The maximum Gasteiger partial charge on any atom is 0.270 e. The smallest absolute Gasteiger partial charge is 0.270 e. The second-order valence-corrected chi connectivity index (χ2v) is 11.3. The van der Waals surface area contributed by atoms with Gasteiger partial charge in [0.25, 0.3) is 11.6 Å².